The molecule has 0 aliphatic carbocycles. The number of carbonyl (C=O) groups excluding carboxylic acids is 2. The summed E-state index contributed by atoms with van der Waals surface area (Å²) in [6.45, 7) is 4.82. The van der Waals surface area contributed by atoms with Crippen molar-refractivity contribution in [3.8, 4) is 22.9 Å². The number of hydrogen-bond acceptors (Lipinski definition) is 6. The number of ether oxygens (including phenoxy) is 1. The highest BCUT2D eigenvalue weighted by Crippen LogP contribution is 2.52. The Labute approximate surface area is 202 Å². The minimum Gasteiger partial charge on any atom is -0.435 e. The Morgan fingerprint density at radius 1 is 1.09 bits per heavy atom. The van der Waals surface area contributed by atoms with Gasteiger partial charge in [-0.15, -0.1) is 0 Å². The lowest BCUT2D eigenvalue weighted by atomic mass is 9.69. The second kappa shape index (κ2) is 8.77. The van der Waals surface area contributed by atoms with E-state index in [-0.39, 0.29) is 22.3 Å². The third-order valence-corrected chi connectivity index (χ3v) is 7.89. The average molecular weight is 498 g/mol. The summed E-state index contributed by atoms with van der Waals surface area (Å²) in [6.07, 6.45) is 0. The molecule has 10 heteroatoms. The van der Waals surface area contributed by atoms with E-state index in [2.05, 4.69) is 10.3 Å². The molecule has 1 atom stereocenters. The zero-order chi connectivity index (χ0) is 25.5. The number of aromatic nitrogens is 1. The number of halogens is 1. The van der Waals surface area contributed by atoms with Crippen LogP contribution in [0.1, 0.15) is 37.8 Å². The Morgan fingerprint density at radius 2 is 1.77 bits per heavy atom. The topological polar surface area (TPSA) is 128 Å². The van der Waals surface area contributed by atoms with Gasteiger partial charge < -0.3 is 10.5 Å². The summed E-state index contributed by atoms with van der Waals surface area (Å²) in [5, 5.41) is 2.11. The molecule has 2 heterocycles. The van der Waals surface area contributed by atoms with E-state index in [1.165, 1.54) is 24.3 Å². The number of nitrogens with one attached hydrogen (secondary N) is 1. The molecule has 1 aliphatic heterocycles. The van der Waals surface area contributed by atoms with Gasteiger partial charge in [0, 0.05) is 22.6 Å². The van der Waals surface area contributed by atoms with Crippen LogP contribution in [0.5, 0.6) is 11.6 Å². The third kappa shape index (κ3) is 4.37. The van der Waals surface area contributed by atoms with Gasteiger partial charge in [0.25, 0.3) is 0 Å². The fraction of sp³-hybridized carbons (Fsp3) is 0.240. The quantitative estimate of drug-likeness (QED) is 0.545. The number of hydrogen-bond donors (Lipinski definition) is 2. The van der Waals surface area contributed by atoms with Crippen molar-refractivity contribution in [3.63, 3.8) is 0 Å². The second-order valence-electron chi connectivity index (χ2n) is 8.75. The van der Waals surface area contributed by atoms with Gasteiger partial charge in [0.1, 0.15) is 0 Å². The summed E-state index contributed by atoms with van der Waals surface area (Å²) in [6, 6.07) is 13.2. The number of benzene rings is 2. The number of nitrogens with zero attached hydrogens (tertiary/aromatic N) is 1. The van der Waals surface area contributed by atoms with Crippen LogP contribution >= 0.6 is 0 Å². The summed E-state index contributed by atoms with van der Waals surface area (Å²) in [5.41, 5.74) is 6.00. The first-order valence-corrected chi connectivity index (χ1v) is 12.5. The van der Waals surface area contributed by atoms with E-state index in [0.29, 0.717) is 22.4 Å². The van der Waals surface area contributed by atoms with E-state index in [9.17, 15) is 22.4 Å². The molecule has 0 spiro atoms. The third-order valence-electron chi connectivity index (χ3n) is 6.14. The fourth-order valence-corrected chi connectivity index (χ4v) is 5.10. The maximum absolute atomic E-state index is 14.8. The van der Waals surface area contributed by atoms with Crippen LogP contribution in [0, 0.1) is 11.2 Å². The van der Waals surface area contributed by atoms with Crippen LogP contribution in [0.15, 0.2) is 59.5 Å². The molecule has 3 amide bonds. The molecule has 8 nitrogen and oxygen atoms in total. The van der Waals surface area contributed by atoms with Gasteiger partial charge in [-0.3, -0.25) is 10.1 Å². The molecule has 2 aromatic carbocycles. The highest BCUT2D eigenvalue weighted by Gasteiger charge is 2.45. The molecule has 1 aromatic heterocycles. The summed E-state index contributed by atoms with van der Waals surface area (Å²) in [4.78, 5) is 29.0. The summed E-state index contributed by atoms with van der Waals surface area (Å²) in [5.74, 6) is -1.91. The SMILES string of the molecule is CCS(=O)(=O)c1ccc(-c2ccc3c(n2)Oc2c(F)cccc2[C@@H]3C(C)(C)C(=O)NC(N)=O)cc1. The van der Waals surface area contributed by atoms with E-state index in [1.54, 1.807) is 51.1 Å². The average Bonchev–Trinajstić information content (AvgIpc) is 2.82. The lowest BCUT2D eigenvalue weighted by molar-refractivity contribution is -0.128. The molecule has 3 N–H and O–H groups in total. The number of amides is 3. The van der Waals surface area contributed by atoms with Gasteiger partial charge >= 0.3 is 6.03 Å². The van der Waals surface area contributed by atoms with Gasteiger partial charge in [0.2, 0.25) is 11.8 Å². The number of primary amides is 1. The maximum atomic E-state index is 14.8. The van der Waals surface area contributed by atoms with Gasteiger partial charge in [-0.25, -0.2) is 22.6 Å². The van der Waals surface area contributed by atoms with Gasteiger partial charge in [-0.1, -0.05) is 51.1 Å². The van der Waals surface area contributed by atoms with Crippen molar-refractivity contribution < 1.29 is 27.1 Å². The predicted octanol–water partition coefficient (Wildman–Crippen LogP) is 4.14. The van der Waals surface area contributed by atoms with Gasteiger partial charge in [-0.2, -0.15) is 0 Å². The Balaban J connectivity index is 1.82. The van der Waals surface area contributed by atoms with E-state index in [4.69, 9.17) is 10.5 Å². The maximum Gasteiger partial charge on any atom is 0.318 e. The first-order chi connectivity index (χ1) is 16.5. The van der Waals surface area contributed by atoms with Crippen molar-refractivity contribution >= 4 is 21.8 Å². The minimum atomic E-state index is -3.35. The lowest BCUT2D eigenvalue weighted by Crippen LogP contribution is -2.46. The molecule has 182 valence electrons. The number of imide groups is 1. The highest BCUT2D eigenvalue weighted by molar-refractivity contribution is 7.91. The normalized spacial score (nSPS) is 14.9. The van der Waals surface area contributed by atoms with Gasteiger partial charge in [0.15, 0.2) is 21.4 Å². The zero-order valence-corrected chi connectivity index (χ0v) is 20.1. The summed E-state index contributed by atoms with van der Waals surface area (Å²) < 4.78 is 44.8. The summed E-state index contributed by atoms with van der Waals surface area (Å²) in [7, 11) is -3.35. The van der Waals surface area contributed by atoms with Crippen molar-refractivity contribution in [2.24, 2.45) is 11.1 Å². The second-order valence-corrected chi connectivity index (χ2v) is 11.0. The van der Waals surface area contributed by atoms with Crippen LogP contribution in [0.4, 0.5) is 9.18 Å². The van der Waals surface area contributed by atoms with Gasteiger partial charge in [-0.05, 0) is 24.3 Å². The van der Waals surface area contributed by atoms with Crippen LogP contribution < -0.4 is 15.8 Å². The first-order valence-electron chi connectivity index (χ1n) is 10.9. The number of sulfone groups is 1. The van der Waals surface area contributed by atoms with E-state index < -0.39 is 38.9 Å². The van der Waals surface area contributed by atoms with Crippen LogP contribution in [0.3, 0.4) is 0 Å². The van der Waals surface area contributed by atoms with E-state index >= 15 is 0 Å². The molecular formula is C25H24FN3O5S. The molecule has 0 bridgehead atoms. The smallest absolute Gasteiger partial charge is 0.318 e. The number of rotatable bonds is 5. The number of para-hydroxylation sites is 1. The standard InChI is InChI=1S/C25H24FN3O5S/c1-4-35(32,33)15-10-8-14(9-11-15)19-13-12-17-20(25(2,3)23(30)29-24(27)31)16-6-5-7-18(26)21(16)34-22(17)28-19/h5-13,20H,4H2,1-3H3,(H3,27,29,30,31)/t20-/m0/s1. The van der Waals surface area contributed by atoms with Crippen molar-refractivity contribution in [1.29, 1.82) is 0 Å². The van der Waals surface area contributed by atoms with E-state index in [1.807, 2.05) is 0 Å². The van der Waals surface area contributed by atoms with Crippen molar-refractivity contribution in [3.05, 3.63) is 71.5 Å². The van der Waals surface area contributed by atoms with Crippen molar-refractivity contribution in [2.75, 3.05) is 5.75 Å². The van der Waals surface area contributed by atoms with Crippen LogP contribution in [-0.4, -0.2) is 31.1 Å². The predicted molar refractivity (Wildman–Crippen MR) is 127 cm³/mol. The van der Waals surface area contributed by atoms with Crippen LogP contribution in [-0.2, 0) is 14.6 Å². The molecule has 35 heavy (non-hydrogen) atoms. The van der Waals surface area contributed by atoms with Crippen LogP contribution in [0.25, 0.3) is 11.3 Å². The number of fused-ring (bicyclic) bond motifs is 2. The Kier molecular flexibility index (Phi) is 6.10. The first kappa shape index (κ1) is 24.3. The molecule has 0 unspecified atom stereocenters. The molecule has 0 saturated heterocycles. The van der Waals surface area contributed by atoms with Crippen LogP contribution in [0.2, 0.25) is 0 Å². The molecule has 0 saturated carbocycles. The number of nitrogens with two attached hydrogens (primary N) is 1. The highest BCUT2D eigenvalue weighted by atomic mass is 32.2. The monoisotopic (exact) mass is 497 g/mol. The molecule has 0 fully saturated rings. The molecule has 1 aliphatic rings. The molecule has 3 aromatic rings. The number of carbonyl (C=O) groups is 2. The Bertz CT molecular complexity index is 1440. The molecular weight excluding hydrogens is 473 g/mol. The zero-order valence-electron chi connectivity index (χ0n) is 19.3. The Hall–Kier alpha value is -3.79. The molecule has 4 rings (SSSR count). The van der Waals surface area contributed by atoms with Gasteiger partial charge in [0.05, 0.1) is 21.8 Å². The van der Waals surface area contributed by atoms with Crippen molar-refractivity contribution in [2.45, 2.75) is 31.6 Å². The van der Waals surface area contributed by atoms with Crippen molar-refractivity contribution in [1.82, 2.24) is 10.3 Å². The minimum absolute atomic E-state index is 0.0112. The number of urea groups is 1. The Morgan fingerprint density at radius 3 is 2.40 bits per heavy atom. The molecule has 0 radical (unpaired) electrons. The summed E-state index contributed by atoms with van der Waals surface area (Å²) >= 11 is 0. The largest absolute Gasteiger partial charge is 0.435 e. The van der Waals surface area contributed by atoms with E-state index in [0.717, 1.165) is 0 Å². The fourth-order valence-electron chi connectivity index (χ4n) is 4.22. The number of pyridine rings is 1. The lowest BCUT2D eigenvalue weighted by Gasteiger charge is -2.37.